The van der Waals surface area contributed by atoms with E-state index in [2.05, 4.69) is 0 Å². The molecule has 1 aromatic rings. The van der Waals surface area contributed by atoms with E-state index in [1.54, 1.807) is 11.8 Å². The molecule has 2 rings (SSSR count). The van der Waals surface area contributed by atoms with Crippen molar-refractivity contribution in [3.63, 3.8) is 0 Å². The van der Waals surface area contributed by atoms with Gasteiger partial charge in [-0.3, -0.25) is 0 Å². The number of halogens is 2. The van der Waals surface area contributed by atoms with E-state index in [1.165, 1.54) is 44.2 Å². The van der Waals surface area contributed by atoms with E-state index in [0.29, 0.717) is 16.6 Å². The van der Waals surface area contributed by atoms with Gasteiger partial charge in [0.25, 0.3) is 0 Å². The molecule has 1 N–H and O–H groups in total. The molecule has 0 aromatic heterocycles. The van der Waals surface area contributed by atoms with Gasteiger partial charge in [0.15, 0.2) is 0 Å². The Labute approximate surface area is 117 Å². The number of aliphatic hydroxyl groups is 1. The summed E-state index contributed by atoms with van der Waals surface area (Å²) < 4.78 is 26.2. The fraction of sp³-hybridized carbons (Fsp3) is 0.600. The zero-order valence-corrected chi connectivity index (χ0v) is 11.8. The van der Waals surface area contributed by atoms with Crippen molar-refractivity contribution in [2.45, 2.75) is 49.9 Å². The van der Waals surface area contributed by atoms with E-state index < -0.39 is 17.7 Å². The highest BCUT2D eigenvalue weighted by molar-refractivity contribution is 7.99. The lowest BCUT2D eigenvalue weighted by atomic mass is 10.0. The summed E-state index contributed by atoms with van der Waals surface area (Å²) in [6.07, 6.45) is 6.02. The van der Waals surface area contributed by atoms with Gasteiger partial charge in [-0.05, 0) is 24.5 Å². The number of aliphatic hydroxyl groups excluding tert-OH is 1. The van der Waals surface area contributed by atoms with Crippen molar-refractivity contribution in [2.75, 3.05) is 5.75 Å². The van der Waals surface area contributed by atoms with Crippen LogP contribution in [0.25, 0.3) is 0 Å². The Bertz CT molecular complexity index is 405. The van der Waals surface area contributed by atoms with Gasteiger partial charge in [-0.1, -0.05) is 25.3 Å². The second-order valence-corrected chi connectivity index (χ2v) is 6.52. The molecule has 4 heteroatoms. The van der Waals surface area contributed by atoms with Crippen LogP contribution in [0.15, 0.2) is 18.2 Å². The number of rotatable bonds is 5. The lowest BCUT2D eigenvalue weighted by Gasteiger charge is -2.22. The highest BCUT2D eigenvalue weighted by Gasteiger charge is 2.16. The van der Waals surface area contributed by atoms with Crippen molar-refractivity contribution in [3.05, 3.63) is 35.4 Å². The van der Waals surface area contributed by atoms with Crippen LogP contribution in [0.5, 0.6) is 0 Å². The normalized spacial score (nSPS) is 18.5. The third-order valence-electron chi connectivity index (χ3n) is 3.55. The second-order valence-electron chi connectivity index (χ2n) is 5.19. The number of hydrogen-bond donors (Lipinski definition) is 1. The van der Waals surface area contributed by atoms with Crippen molar-refractivity contribution in [1.82, 2.24) is 0 Å². The summed E-state index contributed by atoms with van der Waals surface area (Å²) in [7, 11) is 0. The third kappa shape index (κ3) is 4.77. The average molecular weight is 286 g/mol. The Morgan fingerprint density at radius 1 is 1.21 bits per heavy atom. The van der Waals surface area contributed by atoms with E-state index in [0.717, 1.165) is 6.07 Å². The number of thioether (sulfide) groups is 1. The third-order valence-corrected chi connectivity index (χ3v) is 5.07. The van der Waals surface area contributed by atoms with Crippen LogP contribution in [0, 0.1) is 11.6 Å². The predicted octanol–water partition coefficient (Wildman–Crippen LogP) is 3.93. The van der Waals surface area contributed by atoms with Gasteiger partial charge in [0.1, 0.15) is 11.6 Å². The standard InChI is InChI=1S/C15H20F2OS/c16-12-7-6-11(15(17)9-12)8-13(18)10-19-14-4-2-1-3-5-14/h6-7,9,13-14,18H,1-5,8,10H2. The number of benzene rings is 1. The molecule has 1 fully saturated rings. The van der Waals surface area contributed by atoms with Gasteiger partial charge in [-0.15, -0.1) is 0 Å². The number of hydrogen-bond acceptors (Lipinski definition) is 2. The van der Waals surface area contributed by atoms with Crippen LogP contribution < -0.4 is 0 Å². The first-order valence-electron chi connectivity index (χ1n) is 6.89. The fourth-order valence-electron chi connectivity index (χ4n) is 2.48. The molecule has 0 bridgehead atoms. The minimum Gasteiger partial charge on any atom is -0.392 e. The Hall–Kier alpha value is -0.610. The first-order chi connectivity index (χ1) is 9.15. The molecule has 1 atom stereocenters. The van der Waals surface area contributed by atoms with E-state index in [-0.39, 0.29) is 6.42 Å². The lowest BCUT2D eigenvalue weighted by Crippen LogP contribution is -2.18. The molecule has 1 aliphatic carbocycles. The van der Waals surface area contributed by atoms with Crippen molar-refractivity contribution in [1.29, 1.82) is 0 Å². The van der Waals surface area contributed by atoms with Crippen molar-refractivity contribution in [2.24, 2.45) is 0 Å². The Morgan fingerprint density at radius 3 is 2.63 bits per heavy atom. The molecule has 0 saturated heterocycles. The fourth-order valence-corrected chi connectivity index (χ4v) is 3.76. The van der Waals surface area contributed by atoms with Crippen LogP contribution in [0.2, 0.25) is 0 Å². The maximum atomic E-state index is 13.4. The first-order valence-corrected chi connectivity index (χ1v) is 7.93. The summed E-state index contributed by atoms with van der Waals surface area (Å²) in [4.78, 5) is 0. The van der Waals surface area contributed by atoms with Crippen LogP contribution in [-0.4, -0.2) is 22.2 Å². The maximum Gasteiger partial charge on any atom is 0.129 e. The molecular weight excluding hydrogens is 266 g/mol. The Morgan fingerprint density at radius 2 is 1.95 bits per heavy atom. The summed E-state index contributed by atoms with van der Waals surface area (Å²) >= 11 is 1.79. The largest absolute Gasteiger partial charge is 0.392 e. The van der Waals surface area contributed by atoms with E-state index >= 15 is 0 Å². The molecule has 1 nitrogen and oxygen atoms in total. The molecule has 0 amide bonds. The zero-order chi connectivity index (χ0) is 13.7. The monoisotopic (exact) mass is 286 g/mol. The van der Waals surface area contributed by atoms with Crippen LogP contribution >= 0.6 is 11.8 Å². The van der Waals surface area contributed by atoms with Gasteiger partial charge in [-0.25, -0.2) is 8.78 Å². The molecule has 1 saturated carbocycles. The molecule has 106 valence electrons. The summed E-state index contributed by atoms with van der Waals surface area (Å²) in [6.45, 7) is 0. The van der Waals surface area contributed by atoms with Gasteiger partial charge in [0, 0.05) is 23.5 Å². The lowest BCUT2D eigenvalue weighted by molar-refractivity contribution is 0.198. The molecule has 1 aromatic carbocycles. The molecule has 1 unspecified atom stereocenters. The summed E-state index contributed by atoms with van der Waals surface area (Å²) in [5, 5.41) is 10.6. The van der Waals surface area contributed by atoms with Crippen LogP contribution in [0.1, 0.15) is 37.7 Å². The van der Waals surface area contributed by atoms with Crippen LogP contribution in [0.3, 0.4) is 0 Å². The minimum absolute atomic E-state index is 0.256. The molecular formula is C15H20F2OS. The summed E-state index contributed by atoms with van der Waals surface area (Å²) in [6, 6.07) is 3.52. The van der Waals surface area contributed by atoms with Crippen molar-refractivity contribution in [3.8, 4) is 0 Å². The highest BCUT2D eigenvalue weighted by atomic mass is 32.2. The van der Waals surface area contributed by atoms with Crippen molar-refractivity contribution < 1.29 is 13.9 Å². The predicted molar refractivity (Wildman–Crippen MR) is 75.4 cm³/mol. The molecule has 0 heterocycles. The first kappa shape index (κ1) is 14.8. The van der Waals surface area contributed by atoms with E-state index in [4.69, 9.17) is 0 Å². The quantitative estimate of drug-likeness (QED) is 0.885. The molecule has 0 radical (unpaired) electrons. The van der Waals surface area contributed by atoms with Gasteiger partial charge in [-0.2, -0.15) is 11.8 Å². The minimum atomic E-state index is -0.577. The van der Waals surface area contributed by atoms with Gasteiger partial charge >= 0.3 is 0 Å². The molecule has 0 aliphatic heterocycles. The van der Waals surface area contributed by atoms with E-state index in [1.807, 2.05) is 0 Å². The topological polar surface area (TPSA) is 20.2 Å². The van der Waals surface area contributed by atoms with E-state index in [9.17, 15) is 13.9 Å². The van der Waals surface area contributed by atoms with Gasteiger partial charge in [0.05, 0.1) is 6.10 Å². The SMILES string of the molecule is OC(CSC1CCCCC1)Cc1ccc(F)cc1F. The highest BCUT2D eigenvalue weighted by Crippen LogP contribution is 2.29. The Kier molecular flexibility index (Phi) is 5.64. The smallest absolute Gasteiger partial charge is 0.129 e. The zero-order valence-electron chi connectivity index (χ0n) is 10.9. The van der Waals surface area contributed by atoms with Gasteiger partial charge in [0.2, 0.25) is 0 Å². The Balaban J connectivity index is 1.78. The summed E-state index contributed by atoms with van der Waals surface area (Å²) in [5.74, 6) is -0.518. The summed E-state index contributed by atoms with van der Waals surface area (Å²) in [5.41, 5.74) is 0.387. The van der Waals surface area contributed by atoms with Crippen LogP contribution in [0.4, 0.5) is 8.78 Å². The molecule has 19 heavy (non-hydrogen) atoms. The average Bonchev–Trinajstić information content (AvgIpc) is 2.41. The maximum absolute atomic E-state index is 13.4. The van der Waals surface area contributed by atoms with Gasteiger partial charge < -0.3 is 5.11 Å². The van der Waals surface area contributed by atoms with Crippen molar-refractivity contribution >= 4 is 11.8 Å². The van der Waals surface area contributed by atoms with Crippen LogP contribution in [-0.2, 0) is 6.42 Å². The second kappa shape index (κ2) is 7.25. The molecule has 1 aliphatic rings. The molecule has 0 spiro atoms.